The van der Waals surface area contributed by atoms with Gasteiger partial charge >= 0.3 is 0 Å². The summed E-state index contributed by atoms with van der Waals surface area (Å²) in [5.74, 6) is 0. The molecule has 3 aromatic heterocycles. The van der Waals surface area contributed by atoms with E-state index < -0.39 is 0 Å². The van der Waals surface area contributed by atoms with Crippen molar-refractivity contribution in [1.29, 1.82) is 0 Å². The van der Waals surface area contributed by atoms with Gasteiger partial charge in [-0.25, -0.2) is 0 Å². The van der Waals surface area contributed by atoms with Gasteiger partial charge in [-0.05, 0) is 22.9 Å². The Morgan fingerprint density at radius 3 is 1.92 bits per heavy atom. The van der Waals surface area contributed by atoms with E-state index in [4.69, 9.17) is 0 Å². The van der Waals surface area contributed by atoms with Crippen molar-refractivity contribution in [2.45, 2.75) is 0 Å². The number of rotatable bonds is 0. The molecule has 3 heterocycles. The molecule has 0 aliphatic rings. The van der Waals surface area contributed by atoms with E-state index in [1.165, 1.54) is 9.40 Å². The monoisotopic (exact) mass is 214 g/mol. The van der Waals surface area contributed by atoms with Gasteiger partial charge in [0.1, 0.15) is 0 Å². The van der Waals surface area contributed by atoms with Gasteiger partial charge in [0.15, 0.2) is 0 Å². The third kappa shape index (κ3) is 0.947. The zero-order chi connectivity index (χ0) is 7.26. The SMILES string of the molecule is O.c1cc2[pH]c3ccsc3c2s1. The first kappa shape index (κ1) is 8.27. The fourth-order valence-corrected chi connectivity index (χ4v) is 5.29. The van der Waals surface area contributed by atoms with Crippen LogP contribution in [0.5, 0.6) is 0 Å². The van der Waals surface area contributed by atoms with Crippen LogP contribution >= 0.6 is 30.9 Å². The first-order valence-electron chi connectivity index (χ1n) is 3.37. The van der Waals surface area contributed by atoms with Crippen molar-refractivity contribution in [3.8, 4) is 0 Å². The van der Waals surface area contributed by atoms with E-state index in [0.717, 1.165) is 8.19 Å². The molecule has 2 N–H and O–H groups in total. The van der Waals surface area contributed by atoms with Crippen molar-refractivity contribution in [3.05, 3.63) is 22.9 Å². The minimum Gasteiger partial charge on any atom is -0.412 e. The summed E-state index contributed by atoms with van der Waals surface area (Å²) < 4.78 is 3.04. The van der Waals surface area contributed by atoms with Gasteiger partial charge < -0.3 is 5.48 Å². The van der Waals surface area contributed by atoms with Gasteiger partial charge in [-0.2, -0.15) is 0 Å². The molecule has 0 spiro atoms. The first-order chi connectivity index (χ1) is 5.45. The highest BCUT2D eigenvalue weighted by molar-refractivity contribution is 7.49. The largest absolute Gasteiger partial charge is 0.412 e. The summed E-state index contributed by atoms with van der Waals surface area (Å²) in [7, 11) is 0.921. The third-order valence-electron chi connectivity index (χ3n) is 1.81. The number of hydrogen-bond acceptors (Lipinski definition) is 2. The van der Waals surface area contributed by atoms with Crippen LogP contribution in [0.4, 0.5) is 0 Å². The summed E-state index contributed by atoms with van der Waals surface area (Å²) in [4.78, 5) is 0. The predicted octanol–water partition coefficient (Wildman–Crippen LogP) is 3.32. The number of fused-ring (bicyclic) bond motifs is 3. The molecular formula is C8H7OPS2. The summed E-state index contributed by atoms with van der Waals surface area (Å²) in [5, 5.41) is 7.49. The van der Waals surface area contributed by atoms with E-state index in [2.05, 4.69) is 22.9 Å². The molecule has 0 aliphatic carbocycles. The molecule has 0 unspecified atom stereocenters. The molecule has 4 heteroatoms. The van der Waals surface area contributed by atoms with Gasteiger partial charge in [0.25, 0.3) is 0 Å². The minimum absolute atomic E-state index is 0. The lowest BCUT2D eigenvalue weighted by Gasteiger charge is -1.72. The Kier molecular flexibility index (Phi) is 1.97. The molecular weight excluding hydrogens is 207 g/mol. The second-order valence-electron chi connectivity index (χ2n) is 2.45. The normalized spacial score (nSPS) is 10.7. The molecule has 0 amide bonds. The van der Waals surface area contributed by atoms with Crippen molar-refractivity contribution in [2.24, 2.45) is 0 Å². The van der Waals surface area contributed by atoms with E-state index in [-0.39, 0.29) is 5.48 Å². The fraction of sp³-hybridized carbons (Fsp3) is 0. The predicted molar refractivity (Wildman–Crippen MR) is 60.3 cm³/mol. The Balaban J connectivity index is 0.000000563. The van der Waals surface area contributed by atoms with Crippen molar-refractivity contribution < 1.29 is 5.48 Å². The van der Waals surface area contributed by atoms with Crippen LogP contribution in [0, 0.1) is 0 Å². The zero-order valence-electron chi connectivity index (χ0n) is 6.13. The number of hydrogen-bond donors (Lipinski definition) is 0. The van der Waals surface area contributed by atoms with Crippen LogP contribution in [-0.4, -0.2) is 5.48 Å². The maximum atomic E-state index is 2.26. The molecule has 0 fully saturated rings. The molecule has 0 atom stereocenters. The van der Waals surface area contributed by atoms with Crippen molar-refractivity contribution in [1.82, 2.24) is 0 Å². The molecule has 0 saturated carbocycles. The molecule has 12 heavy (non-hydrogen) atoms. The second kappa shape index (κ2) is 2.86. The van der Waals surface area contributed by atoms with Crippen LogP contribution in [0.1, 0.15) is 0 Å². The Morgan fingerprint density at radius 1 is 0.917 bits per heavy atom. The van der Waals surface area contributed by atoms with Crippen molar-refractivity contribution in [2.75, 3.05) is 0 Å². The lowest BCUT2D eigenvalue weighted by Crippen LogP contribution is -1.39. The van der Waals surface area contributed by atoms with Crippen LogP contribution in [0.15, 0.2) is 22.9 Å². The summed E-state index contributed by atoms with van der Waals surface area (Å²) in [6.07, 6.45) is 0. The fourth-order valence-electron chi connectivity index (χ4n) is 1.31. The van der Waals surface area contributed by atoms with Crippen LogP contribution < -0.4 is 0 Å². The Labute approximate surface area is 79.0 Å². The topological polar surface area (TPSA) is 31.5 Å². The van der Waals surface area contributed by atoms with E-state index >= 15 is 0 Å². The van der Waals surface area contributed by atoms with Gasteiger partial charge in [0.05, 0.1) is 9.40 Å². The summed E-state index contributed by atoms with van der Waals surface area (Å²) >= 11 is 3.75. The lowest BCUT2D eigenvalue weighted by molar-refractivity contribution is 0.824. The van der Waals surface area contributed by atoms with Crippen LogP contribution in [0.3, 0.4) is 0 Å². The molecule has 0 bridgehead atoms. The molecule has 0 radical (unpaired) electrons. The molecule has 0 aliphatic heterocycles. The molecule has 3 rings (SSSR count). The van der Waals surface area contributed by atoms with Gasteiger partial charge in [0.2, 0.25) is 0 Å². The van der Waals surface area contributed by atoms with E-state index in [9.17, 15) is 0 Å². The molecule has 1 nitrogen and oxygen atoms in total. The maximum Gasteiger partial charge on any atom is 0.0561 e. The standard InChI is InChI=1S/C8H5PS2.H2O/c1-3-10-7-5(1)9-6-2-4-11-8(6)7;/h1-4,9H;1H2. The minimum atomic E-state index is 0. The second-order valence-corrected chi connectivity index (χ2v) is 5.61. The Morgan fingerprint density at radius 2 is 1.42 bits per heavy atom. The van der Waals surface area contributed by atoms with Gasteiger partial charge in [-0.15, -0.1) is 30.9 Å². The maximum absolute atomic E-state index is 2.26. The first-order valence-corrected chi connectivity index (χ1v) is 6.13. The van der Waals surface area contributed by atoms with Gasteiger partial charge in [0, 0.05) is 10.2 Å². The quantitative estimate of drug-likeness (QED) is 0.549. The molecule has 0 aromatic carbocycles. The van der Waals surface area contributed by atoms with Gasteiger partial charge in [-0.3, -0.25) is 0 Å². The average molecular weight is 214 g/mol. The highest BCUT2D eigenvalue weighted by atomic mass is 32.1. The third-order valence-corrected chi connectivity index (χ3v) is 5.53. The van der Waals surface area contributed by atoms with Crippen molar-refractivity contribution in [3.63, 3.8) is 0 Å². The highest BCUT2D eigenvalue weighted by Crippen LogP contribution is 2.43. The lowest BCUT2D eigenvalue weighted by atomic mass is 10.5. The van der Waals surface area contributed by atoms with Crippen molar-refractivity contribution >= 4 is 50.5 Å². The Hall–Kier alpha value is -0.340. The molecule has 0 saturated heterocycles. The van der Waals surface area contributed by atoms with E-state index in [0.29, 0.717) is 0 Å². The highest BCUT2D eigenvalue weighted by Gasteiger charge is 2.04. The number of thiophene rings is 2. The van der Waals surface area contributed by atoms with E-state index in [1.807, 2.05) is 22.7 Å². The smallest absolute Gasteiger partial charge is 0.0561 e. The molecule has 62 valence electrons. The van der Waals surface area contributed by atoms with Crippen LogP contribution in [0.2, 0.25) is 0 Å². The van der Waals surface area contributed by atoms with Gasteiger partial charge in [-0.1, -0.05) is 0 Å². The van der Waals surface area contributed by atoms with E-state index in [1.54, 1.807) is 10.2 Å². The van der Waals surface area contributed by atoms with Crippen LogP contribution in [0.25, 0.3) is 19.6 Å². The zero-order valence-corrected chi connectivity index (χ0v) is 8.76. The summed E-state index contributed by atoms with van der Waals surface area (Å²) in [5.41, 5.74) is 0. The van der Waals surface area contributed by atoms with Crippen LogP contribution in [-0.2, 0) is 0 Å². The Bertz CT molecular complexity index is 460. The average Bonchev–Trinajstić information content (AvgIpc) is 2.52. The molecule has 3 aromatic rings. The summed E-state index contributed by atoms with van der Waals surface area (Å²) in [6.45, 7) is 0. The summed E-state index contributed by atoms with van der Waals surface area (Å²) in [6, 6.07) is 4.51.